The van der Waals surface area contributed by atoms with Crippen molar-refractivity contribution in [3.63, 3.8) is 0 Å². The molecule has 2 saturated carbocycles. The van der Waals surface area contributed by atoms with Crippen molar-refractivity contribution in [2.75, 3.05) is 0 Å². The van der Waals surface area contributed by atoms with Gasteiger partial charge in [-0.25, -0.2) is 13.1 Å². The highest BCUT2D eigenvalue weighted by Crippen LogP contribution is 2.57. The van der Waals surface area contributed by atoms with E-state index in [2.05, 4.69) is 4.72 Å². The average Bonchev–Trinajstić information content (AvgIpc) is 2.61. The number of rotatable bonds is 0. The van der Waals surface area contributed by atoms with Crippen LogP contribution in [-0.4, -0.2) is 19.2 Å². The van der Waals surface area contributed by atoms with Crippen LogP contribution in [-0.2, 0) is 10.0 Å². The van der Waals surface area contributed by atoms with Crippen molar-refractivity contribution in [2.24, 2.45) is 17.8 Å². The predicted octanol–water partition coefficient (Wildman–Crippen LogP) is 1.11. The highest BCUT2D eigenvalue weighted by molar-refractivity contribution is 7.90. The minimum Gasteiger partial charge on any atom is -0.212 e. The van der Waals surface area contributed by atoms with E-state index in [0.717, 1.165) is 12.8 Å². The lowest BCUT2D eigenvalue weighted by Gasteiger charge is -2.31. The molecule has 0 spiro atoms. The summed E-state index contributed by atoms with van der Waals surface area (Å²) in [6, 6.07) is 0. The van der Waals surface area contributed by atoms with Crippen molar-refractivity contribution < 1.29 is 8.42 Å². The maximum atomic E-state index is 11.9. The van der Waals surface area contributed by atoms with Crippen LogP contribution < -0.4 is 4.72 Å². The van der Waals surface area contributed by atoms with Gasteiger partial charge in [0.25, 0.3) is 0 Å². The zero-order chi connectivity index (χ0) is 10.1. The fourth-order valence-corrected chi connectivity index (χ4v) is 6.90. The molecule has 3 aliphatic rings. The predicted molar refractivity (Wildman–Crippen MR) is 54.2 cm³/mol. The van der Waals surface area contributed by atoms with Crippen LogP contribution >= 0.6 is 0 Å². The molecular formula is C10H17NO2S. The number of nitrogens with one attached hydrogen (secondary N) is 1. The minimum absolute atomic E-state index is 0.0729. The fraction of sp³-hybridized carbons (Fsp3) is 1.00. The Hall–Kier alpha value is -0.0900. The Balaban J connectivity index is 2.11. The molecule has 14 heavy (non-hydrogen) atoms. The summed E-state index contributed by atoms with van der Waals surface area (Å²) in [7, 11) is -3.01. The van der Waals surface area contributed by atoms with Crippen molar-refractivity contribution >= 4 is 10.0 Å². The quantitative estimate of drug-likeness (QED) is 0.658. The zero-order valence-corrected chi connectivity index (χ0v) is 9.47. The Bertz CT molecular complexity index is 374. The molecule has 2 bridgehead atoms. The number of sulfonamides is 1. The maximum absolute atomic E-state index is 11.9. The van der Waals surface area contributed by atoms with E-state index >= 15 is 0 Å². The van der Waals surface area contributed by atoms with Crippen LogP contribution in [0.15, 0.2) is 0 Å². The first-order valence-electron chi connectivity index (χ1n) is 5.44. The van der Waals surface area contributed by atoms with E-state index in [-0.39, 0.29) is 10.8 Å². The number of hydrogen-bond donors (Lipinski definition) is 1. The van der Waals surface area contributed by atoms with E-state index in [4.69, 9.17) is 0 Å². The highest BCUT2D eigenvalue weighted by Gasteiger charge is 2.63. The summed E-state index contributed by atoms with van der Waals surface area (Å²) in [5.41, 5.74) is -0.205. The minimum atomic E-state index is -3.01. The SMILES string of the molecule is CC1(C)NS(=O)(=O)C2C3CCC(C3)C21. The molecule has 3 fully saturated rings. The molecular weight excluding hydrogens is 198 g/mol. The van der Waals surface area contributed by atoms with Crippen LogP contribution in [0.4, 0.5) is 0 Å². The molecule has 3 rings (SSSR count). The van der Waals surface area contributed by atoms with Crippen molar-refractivity contribution in [3.8, 4) is 0 Å². The van der Waals surface area contributed by atoms with Crippen molar-refractivity contribution in [3.05, 3.63) is 0 Å². The summed E-state index contributed by atoms with van der Waals surface area (Å²) in [5.74, 6) is 1.47. The van der Waals surface area contributed by atoms with Gasteiger partial charge in [0.15, 0.2) is 0 Å². The Morgan fingerprint density at radius 3 is 2.50 bits per heavy atom. The van der Waals surface area contributed by atoms with Gasteiger partial charge in [0.1, 0.15) is 0 Å². The largest absolute Gasteiger partial charge is 0.215 e. The summed E-state index contributed by atoms with van der Waals surface area (Å²) in [6.45, 7) is 4.08. The van der Waals surface area contributed by atoms with E-state index in [1.54, 1.807) is 0 Å². The molecule has 1 N–H and O–H groups in total. The molecule has 1 heterocycles. The van der Waals surface area contributed by atoms with Crippen LogP contribution in [0.25, 0.3) is 0 Å². The van der Waals surface area contributed by atoms with Gasteiger partial charge in [-0.3, -0.25) is 0 Å². The molecule has 80 valence electrons. The van der Waals surface area contributed by atoms with E-state index in [9.17, 15) is 8.42 Å². The van der Waals surface area contributed by atoms with Crippen LogP contribution in [0.2, 0.25) is 0 Å². The lowest BCUT2D eigenvalue weighted by Crippen LogP contribution is -2.41. The Labute approximate surface area is 85.3 Å². The third kappa shape index (κ3) is 0.936. The second kappa shape index (κ2) is 2.35. The van der Waals surface area contributed by atoms with Crippen molar-refractivity contribution in [2.45, 2.75) is 43.9 Å². The van der Waals surface area contributed by atoms with Crippen LogP contribution in [0.3, 0.4) is 0 Å². The monoisotopic (exact) mass is 215 g/mol. The van der Waals surface area contributed by atoms with E-state index in [1.165, 1.54) is 6.42 Å². The van der Waals surface area contributed by atoms with E-state index < -0.39 is 10.0 Å². The first kappa shape index (κ1) is 9.16. The molecule has 4 heteroatoms. The second-order valence-corrected chi connectivity index (χ2v) is 7.53. The lowest BCUT2D eigenvalue weighted by molar-refractivity contribution is 0.233. The van der Waals surface area contributed by atoms with Gasteiger partial charge in [0.2, 0.25) is 10.0 Å². The van der Waals surface area contributed by atoms with Gasteiger partial charge in [-0.1, -0.05) is 0 Å². The molecule has 3 nitrogen and oxygen atoms in total. The van der Waals surface area contributed by atoms with Gasteiger partial charge in [-0.2, -0.15) is 0 Å². The third-order valence-electron chi connectivity index (χ3n) is 4.44. The smallest absolute Gasteiger partial charge is 0.212 e. The Morgan fingerprint density at radius 2 is 1.86 bits per heavy atom. The Morgan fingerprint density at radius 1 is 1.21 bits per heavy atom. The first-order chi connectivity index (χ1) is 6.42. The van der Waals surface area contributed by atoms with Gasteiger partial charge >= 0.3 is 0 Å². The van der Waals surface area contributed by atoms with Crippen molar-refractivity contribution in [1.82, 2.24) is 4.72 Å². The first-order valence-corrected chi connectivity index (χ1v) is 6.99. The van der Waals surface area contributed by atoms with Gasteiger partial charge in [-0.05, 0) is 50.9 Å². The van der Waals surface area contributed by atoms with Gasteiger partial charge in [0.05, 0.1) is 5.25 Å². The standard InChI is InChI=1S/C10H17NO2S/c1-10(2)8-6-3-4-7(5-6)9(8)14(12,13)11-10/h6-9,11H,3-5H2,1-2H3. The molecule has 0 aromatic carbocycles. The molecule has 0 amide bonds. The highest BCUT2D eigenvalue weighted by atomic mass is 32.2. The fourth-order valence-electron chi connectivity index (χ4n) is 4.19. The zero-order valence-electron chi connectivity index (χ0n) is 8.66. The summed E-state index contributed by atoms with van der Waals surface area (Å²) in [5, 5.41) is -0.0729. The molecule has 0 aromatic rings. The molecule has 4 unspecified atom stereocenters. The number of hydrogen-bond acceptors (Lipinski definition) is 2. The maximum Gasteiger partial charge on any atom is 0.215 e. The van der Waals surface area contributed by atoms with Crippen molar-refractivity contribution in [1.29, 1.82) is 0 Å². The molecule has 0 radical (unpaired) electrons. The van der Waals surface area contributed by atoms with Gasteiger partial charge in [0, 0.05) is 5.54 Å². The summed E-state index contributed by atoms with van der Waals surface area (Å²) in [4.78, 5) is 0. The van der Waals surface area contributed by atoms with Crippen LogP contribution in [0, 0.1) is 17.8 Å². The Kier molecular flexibility index (Phi) is 1.54. The molecule has 1 aliphatic heterocycles. The topological polar surface area (TPSA) is 46.2 Å². The van der Waals surface area contributed by atoms with E-state index in [1.807, 2.05) is 13.8 Å². The van der Waals surface area contributed by atoms with Crippen LogP contribution in [0.5, 0.6) is 0 Å². The van der Waals surface area contributed by atoms with Gasteiger partial charge in [-0.15, -0.1) is 0 Å². The third-order valence-corrected chi connectivity index (χ3v) is 6.64. The summed E-state index contributed by atoms with van der Waals surface area (Å²) >= 11 is 0. The van der Waals surface area contributed by atoms with Crippen LogP contribution in [0.1, 0.15) is 33.1 Å². The molecule has 1 saturated heterocycles. The second-order valence-electron chi connectivity index (χ2n) is 5.69. The summed E-state index contributed by atoms with van der Waals surface area (Å²) in [6.07, 6.45) is 3.52. The molecule has 4 atom stereocenters. The molecule has 2 aliphatic carbocycles. The van der Waals surface area contributed by atoms with Gasteiger partial charge < -0.3 is 0 Å². The average molecular weight is 215 g/mol. The summed E-state index contributed by atoms with van der Waals surface area (Å²) < 4.78 is 26.7. The molecule has 0 aromatic heterocycles. The van der Waals surface area contributed by atoms with E-state index in [0.29, 0.717) is 17.8 Å². The normalized spacial score (nSPS) is 52.1. The number of fused-ring (bicyclic) bond motifs is 5. The lowest BCUT2D eigenvalue weighted by atomic mass is 9.76.